The van der Waals surface area contributed by atoms with E-state index in [9.17, 15) is 13.6 Å². The molecule has 0 saturated carbocycles. The van der Waals surface area contributed by atoms with E-state index in [1.165, 1.54) is 21.5 Å². The van der Waals surface area contributed by atoms with Crippen molar-refractivity contribution in [2.24, 2.45) is 0 Å². The minimum absolute atomic E-state index is 0.109. The van der Waals surface area contributed by atoms with Gasteiger partial charge >= 0.3 is 17.8 Å². The van der Waals surface area contributed by atoms with Crippen LogP contribution in [0.1, 0.15) is 45.8 Å². The molecule has 4 aromatic rings. The molecule has 1 amide bonds. The van der Waals surface area contributed by atoms with Crippen LogP contribution < -0.4 is 4.90 Å². The maximum atomic E-state index is 13.5. The molecular formula is C19H18F2N8O2. The van der Waals surface area contributed by atoms with E-state index in [1.54, 1.807) is 37.6 Å². The lowest BCUT2D eigenvalue weighted by Crippen LogP contribution is -2.37. The number of nitrogens with one attached hydrogen (secondary N) is 1. The molecule has 5 heterocycles. The smallest absolute Gasteiger partial charge is 0.319 e. The number of H-pyrrole nitrogens is 1. The van der Waals surface area contributed by atoms with Gasteiger partial charge in [0, 0.05) is 44.5 Å². The molecule has 0 bridgehead atoms. The van der Waals surface area contributed by atoms with Crippen molar-refractivity contribution in [2.75, 3.05) is 25.5 Å². The second-order valence-electron chi connectivity index (χ2n) is 7.36. The zero-order valence-corrected chi connectivity index (χ0v) is 16.7. The van der Waals surface area contributed by atoms with Gasteiger partial charge in [0.25, 0.3) is 6.43 Å². The number of amides is 1. The Bertz CT molecular complexity index is 1260. The van der Waals surface area contributed by atoms with Crippen LogP contribution in [0, 0.1) is 0 Å². The SMILES string of the molecule is CN(C)C(=O)c1nnc(N2CCc3[nH]cnc3C2c2cc3c(C(F)F)cccn3n2)o1. The molecule has 0 radical (unpaired) electrons. The predicted octanol–water partition coefficient (Wildman–Crippen LogP) is 2.23. The van der Waals surface area contributed by atoms with E-state index in [4.69, 9.17) is 4.42 Å². The Hall–Kier alpha value is -3.83. The first kappa shape index (κ1) is 19.2. The lowest BCUT2D eigenvalue weighted by atomic mass is 10.00. The number of pyridine rings is 1. The Morgan fingerprint density at radius 1 is 1.35 bits per heavy atom. The summed E-state index contributed by atoms with van der Waals surface area (Å²) in [4.78, 5) is 22.8. The van der Waals surface area contributed by atoms with Crippen LogP contribution >= 0.6 is 0 Å². The van der Waals surface area contributed by atoms with Crippen molar-refractivity contribution in [2.45, 2.75) is 18.9 Å². The number of hydrogen-bond donors (Lipinski definition) is 1. The zero-order valence-electron chi connectivity index (χ0n) is 16.7. The third-order valence-electron chi connectivity index (χ3n) is 5.24. The number of carbonyl (C=O) groups is 1. The third kappa shape index (κ3) is 3.10. The average Bonchev–Trinajstić information content (AvgIpc) is 3.50. The minimum atomic E-state index is -2.63. The second-order valence-corrected chi connectivity index (χ2v) is 7.36. The van der Waals surface area contributed by atoms with Crippen LogP contribution in [0.15, 0.2) is 35.1 Å². The Morgan fingerprint density at radius 3 is 2.97 bits per heavy atom. The van der Waals surface area contributed by atoms with Gasteiger partial charge in [-0.1, -0.05) is 5.10 Å². The summed E-state index contributed by atoms with van der Waals surface area (Å²) in [7, 11) is 3.17. The predicted molar refractivity (Wildman–Crippen MR) is 104 cm³/mol. The third-order valence-corrected chi connectivity index (χ3v) is 5.24. The lowest BCUT2D eigenvalue weighted by Gasteiger charge is -2.32. The van der Waals surface area contributed by atoms with Crippen molar-refractivity contribution in [3.05, 3.63) is 59.3 Å². The van der Waals surface area contributed by atoms with Gasteiger partial charge in [0.2, 0.25) is 0 Å². The van der Waals surface area contributed by atoms with E-state index in [1.807, 2.05) is 0 Å². The Morgan fingerprint density at radius 2 is 2.19 bits per heavy atom. The van der Waals surface area contributed by atoms with E-state index in [2.05, 4.69) is 25.3 Å². The summed E-state index contributed by atoms with van der Waals surface area (Å²) in [5.74, 6) is -0.552. The van der Waals surface area contributed by atoms with Crippen LogP contribution in [0.4, 0.5) is 14.8 Å². The van der Waals surface area contributed by atoms with Crippen LogP contribution in [0.5, 0.6) is 0 Å². The molecule has 1 aliphatic rings. The quantitative estimate of drug-likeness (QED) is 0.531. The van der Waals surface area contributed by atoms with Gasteiger partial charge in [-0.05, 0) is 18.2 Å². The van der Waals surface area contributed by atoms with Crippen LogP contribution in [0.2, 0.25) is 0 Å². The molecule has 1 atom stereocenters. The van der Waals surface area contributed by atoms with Gasteiger partial charge in [-0.15, -0.1) is 5.10 Å². The van der Waals surface area contributed by atoms with Gasteiger partial charge in [-0.25, -0.2) is 18.3 Å². The standard InChI is InChI=1S/C19H18F2N8O2/c1-27(2)18(30)17-24-25-19(31-17)28-7-5-11-14(23-9-22-11)15(28)12-8-13-10(16(20)21)4-3-6-29(13)26-12/h3-4,6,8-9,15-16H,5,7H2,1-2H3,(H,22,23). The first-order valence-corrected chi connectivity index (χ1v) is 9.54. The van der Waals surface area contributed by atoms with Crippen molar-refractivity contribution in [1.82, 2.24) is 34.7 Å². The number of imidazole rings is 1. The summed E-state index contributed by atoms with van der Waals surface area (Å²) >= 11 is 0. The van der Waals surface area contributed by atoms with E-state index < -0.39 is 18.4 Å². The molecule has 5 rings (SSSR count). The topological polar surface area (TPSA) is 108 Å². The molecule has 0 spiro atoms. The molecule has 1 unspecified atom stereocenters. The number of aromatic nitrogens is 6. The van der Waals surface area contributed by atoms with Crippen molar-refractivity contribution < 1.29 is 18.0 Å². The molecule has 1 aliphatic heterocycles. The second kappa shape index (κ2) is 7.15. The van der Waals surface area contributed by atoms with E-state index >= 15 is 0 Å². The monoisotopic (exact) mass is 428 g/mol. The number of nitrogens with zero attached hydrogens (tertiary/aromatic N) is 7. The number of fused-ring (bicyclic) bond motifs is 2. The Balaban J connectivity index is 1.61. The number of alkyl halides is 2. The van der Waals surface area contributed by atoms with Gasteiger partial charge in [0.15, 0.2) is 0 Å². The highest BCUT2D eigenvalue weighted by molar-refractivity contribution is 5.89. The number of carbonyl (C=O) groups excluding carboxylic acids is 1. The number of hydrogen-bond acceptors (Lipinski definition) is 7. The van der Waals surface area contributed by atoms with Crippen molar-refractivity contribution in [1.29, 1.82) is 0 Å². The fourth-order valence-electron chi connectivity index (χ4n) is 3.77. The zero-order chi connectivity index (χ0) is 21.7. The maximum Gasteiger partial charge on any atom is 0.319 e. The molecular weight excluding hydrogens is 410 g/mol. The number of rotatable bonds is 4. The molecule has 0 saturated heterocycles. The fraction of sp³-hybridized carbons (Fsp3) is 0.316. The van der Waals surface area contributed by atoms with Gasteiger partial charge in [-0.2, -0.15) is 5.10 Å². The largest absolute Gasteiger partial charge is 0.399 e. The Labute approximate surface area is 174 Å². The van der Waals surface area contributed by atoms with Gasteiger partial charge < -0.3 is 19.2 Å². The lowest BCUT2D eigenvalue weighted by molar-refractivity contribution is 0.0789. The molecule has 0 aromatic carbocycles. The van der Waals surface area contributed by atoms with Crippen molar-refractivity contribution in [3.63, 3.8) is 0 Å². The molecule has 1 N–H and O–H groups in total. The maximum absolute atomic E-state index is 13.5. The number of halogens is 2. The molecule has 12 heteroatoms. The molecule has 160 valence electrons. The van der Waals surface area contributed by atoms with Gasteiger partial charge in [0.05, 0.1) is 23.2 Å². The first-order valence-electron chi connectivity index (χ1n) is 9.54. The van der Waals surface area contributed by atoms with Crippen LogP contribution in [0.3, 0.4) is 0 Å². The molecule has 4 aromatic heterocycles. The van der Waals surface area contributed by atoms with E-state index in [-0.39, 0.29) is 17.5 Å². The Kier molecular flexibility index (Phi) is 4.41. The van der Waals surface area contributed by atoms with E-state index in [0.29, 0.717) is 29.9 Å². The van der Waals surface area contributed by atoms with E-state index in [0.717, 1.165) is 5.69 Å². The normalized spacial score (nSPS) is 16.2. The first-order chi connectivity index (χ1) is 14.9. The average molecular weight is 428 g/mol. The highest BCUT2D eigenvalue weighted by Crippen LogP contribution is 2.37. The summed E-state index contributed by atoms with van der Waals surface area (Å²) in [5, 5.41) is 12.4. The highest BCUT2D eigenvalue weighted by Gasteiger charge is 2.36. The van der Waals surface area contributed by atoms with Gasteiger partial charge in [-0.3, -0.25) is 4.79 Å². The summed E-state index contributed by atoms with van der Waals surface area (Å²) in [5.41, 5.74) is 2.30. The number of anilines is 1. The fourth-order valence-corrected chi connectivity index (χ4v) is 3.77. The van der Waals surface area contributed by atoms with Gasteiger partial charge in [0.1, 0.15) is 6.04 Å². The summed E-state index contributed by atoms with van der Waals surface area (Å²) < 4.78 is 34.0. The molecule has 0 aliphatic carbocycles. The molecule has 0 fully saturated rings. The van der Waals surface area contributed by atoms with Crippen LogP contribution in [-0.2, 0) is 6.42 Å². The summed E-state index contributed by atoms with van der Waals surface area (Å²) in [6, 6.07) is 4.10. The minimum Gasteiger partial charge on any atom is -0.399 e. The summed E-state index contributed by atoms with van der Waals surface area (Å²) in [6.45, 7) is 0.479. The molecule has 31 heavy (non-hydrogen) atoms. The van der Waals surface area contributed by atoms with Crippen molar-refractivity contribution >= 4 is 17.4 Å². The van der Waals surface area contributed by atoms with Crippen LogP contribution in [0.25, 0.3) is 5.52 Å². The summed E-state index contributed by atoms with van der Waals surface area (Å²) in [6.07, 6.45) is 1.19. The molecule has 10 nitrogen and oxygen atoms in total. The van der Waals surface area contributed by atoms with Crippen molar-refractivity contribution in [3.8, 4) is 0 Å². The number of aromatic amines is 1. The highest BCUT2D eigenvalue weighted by atomic mass is 19.3. The van der Waals surface area contributed by atoms with Crippen LogP contribution in [-0.4, -0.2) is 61.2 Å².